The average Bonchev–Trinajstić information content (AvgIpc) is 3.37. The molecule has 7 heteroatoms. The number of phenols is 1. The number of anilines is 1. The lowest BCUT2D eigenvalue weighted by Crippen LogP contribution is -2.27. The van der Waals surface area contributed by atoms with Crippen LogP contribution in [0.5, 0.6) is 5.75 Å². The summed E-state index contributed by atoms with van der Waals surface area (Å²) in [6.07, 6.45) is 1.70. The Bertz CT molecular complexity index is 1030. The quantitative estimate of drug-likeness (QED) is 0.405. The van der Waals surface area contributed by atoms with Gasteiger partial charge in [-0.15, -0.1) is 0 Å². The molecular formula is C23H21NO4S2. The van der Waals surface area contributed by atoms with Gasteiger partial charge in [-0.05, 0) is 36.4 Å². The van der Waals surface area contributed by atoms with Gasteiger partial charge < -0.3 is 14.3 Å². The predicted octanol–water partition coefficient (Wildman–Crippen LogP) is 5.90. The number of benzene rings is 2. The summed E-state index contributed by atoms with van der Waals surface area (Å²) in [5, 5.41) is 9.41. The van der Waals surface area contributed by atoms with Gasteiger partial charge >= 0.3 is 0 Å². The molecule has 0 aliphatic carbocycles. The maximum Gasteiger partial charge on any atom is 0.270 e. The number of rotatable bonds is 3. The Morgan fingerprint density at radius 2 is 1.63 bits per heavy atom. The van der Waals surface area contributed by atoms with E-state index >= 15 is 0 Å². The van der Waals surface area contributed by atoms with E-state index in [0.717, 1.165) is 11.3 Å². The van der Waals surface area contributed by atoms with Gasteiger partial charge in [0.05, 0.1) is 10.6 Å². The Kier molecular flexibility index (Phi) is 8.58. The Morgan fingerprint density at radius 3 is 2.27 bits per heavy atom. The molecule has 0 bridgehead atoms. The van der Waals surface area contributed by atoms with Crippen LogP contribution < -0.4 is 4.90 Å². The monoisotopic (exact) mass is 439 g/mol. The minimum Gasteiger partial charge on any atom is -0.508 e. The fraction of sp³-hybridized carbons (Fsp3) is 0.0870. The third-order valence-electron chi connectivity index (χ3n) is 3.86. The Morgan fingerprint density at radius 1 is 1.00 bits per heavy atom. The maximum absolute atomic E-state index is 12.7. The van der Waals surface area contributed by atoms with Crippen molar-refractivity contribution in [1.29, 1.82) is 0 Å². The van der Waals surface area contributed by atoms with Crippen molar-refractivity contribution in [3.8, 4) is 17.1 Å². The second-order valence-electron chi connectivity index (χ2n) is 5.60. The molecule has 3 aromatic rings. The summed E-state index contributed by atoms with van der Waals surface area (Å²) in [5.74, 6) is 1.27. The molecule has 1 saturated heterocycles. The summed E-state index contributed by atoms with van der Waals surface area (Å²) in [4.78, 5) is 22.7. The maximum atomic E-state index is 12.7. The zero-order valence-corrected chi connectivity index (χ0v) is 18.2. The lowest BCUT2D eigenvalue weighted by molar-refractivity contribution is -0.113. The summed E-state index contributed by atoms with van der Waals surface area (Å²) in [5.41, 5.74) is 1.60. The summed E-state index contributed by atoms with van der Waals surface area (Å²) < 4.78 is 6.28. The number of nitrogens with zero attached hydrogens (tertiary/aromatic N) is 1. The number of carbonyl (C=O) groups excluding carboxylic acids is 2. The molecule has 0 radical (unpaired) electrons. The largest absolute Gasteiger partial charge is 0.508 e. The van der Waals surface area contributed by atoms with Crippen LogP contribution in [0.25, 0.3) is 17.4 Å². The van der Waals surface area contributed by atoms with Crippen molar-refractivity contribution in [2.75, 3.05) is 4.90 Å². The highest BCUT2D eigenvalue weighted by molar-refractivity contribution is 8.27. The van der Waals surface area contributed by atoms with E-state index in [1.165, 1.54) is 28.8 Å². The summed E-state index contributed by atoms with van der Waals surface area (Å²) in [6.45, 7) is 6.00. The highest BCUT2D eigenvalue weighted by Crippen LogP contribution is 2.37. The van der Waals surface area contributed by atoms with E-state index in [-0.39, 0.29) is 11.7 Å². The average molecular weight is 440 g/mol. The van der Waals surface area contributed by atoms with Gasteiger partial charge in [0.2, 0.25) is 0 Å². The standard InChI is InChI=1S/C20H13NO3S2.C2H6.CH2O/c22-15-8-6-14(7-9-15)21-19(23)18(26-20(21)25)12-16-10-11-17(24-16)13-4-2-1-3-5-13;2*1-2/h1-12,22H;1-2H3;1H2/b18-12-;;. The molecule has 0 atom stereocenters. The van der Waals surface area contributed by atoms with Crippen LogP contribution in [0.1, 0.15) is 19.6 Å². The Balaban J connectivity index is 0.000000757. The van der Waals surface area contributed by atoms with Crippen LogP contribution in [-0.4, -0.2) is 22.1 Å². The van der Waals surface area contributed by atoms with E-state index < -0.39 is 0 Å². The van der Waals surface area contributed by atoms with Crippen molar-refractivity contribution in [3.05, 3.63) is 77.4 Å². The summed E-state index contributed by atoms with van der Waals surface area (Å²) >= 11 is 6.57. The molecule has 1 fully saturated rings. The fourth-order valence-corrected chi connectivity index (χ4v) is 3.89. The molecule has 1 aliphatic rings. The smallest absolute Gasteiger partial charge is 0.270 e. The summed E-state index contributed by atoms with van der Waals surface area (Å²) in [6, 6.07) is 19.8. The molecule has 30 heavy (non-hydrogen) atoms. The van der Waals surface area contributed by atoms with Gasteiger partial charge in [0, 0.05) is 11.6 Å². The molecule has 154 valence electrons. The van der Waals surface area contributed by atoms with Crippen LogP contribution in [0, 0.1) is 0 Å². The van der Waals surface area contributed by atoms with Crippen LogP contribution in [0.4, 0.5) is 5.69 Å². The van der Waals surface area contributed by atoms with Crippen LogP contribution >= 0.6 is 24.0 Å². The van der Waals surface area contributed by atoms with E-state index in [1.807, 2.05) is 63.1 Å². The van der Waals surface area contributed by atoms with Gasteiger partial charge in [-0.1, -0.05) is 68.2 Å². The Hall–Kier alpha value is -3.16. The third kappa shape index (κ3) is 5.25. The zero-order valence-electron chi connectivity index (χ0n) is 16.6. The normalized spacial score (nSPS) is 14.1. The number of furan rings is 1. The Labute approximate surface area is 185 Å². The third-order valence-corrected chi connectivity index (χ3v) is 5.16. The van der Waals surface area contributed by atoms with E-state index in [4.69, 9.17) is 21.4 Å². The first-order valence-corrected chi connectivity index (χ1v) is 10.4. The second-order valence-corrected chi connectivity index (χ2v) is 7.28. The molecule has 1 aliphatic heterocycles. The molecule has 1 aromatic heterocycles. The van der Waals surface area contributed by atoms with E-state index in [0.29, 0.717) is 20.7 Å². The number of hydrogen-bond acceptors (Lipinski definition) is 6. The molecule has 1 amide bonds. The molecule has 0 saturated carbocycles. The second kappa shape index (κ2) is 11.1. The number of hydrogen-bond donors (Lipinski definition) is 1. The van der Waals surface area contributed by atoms with Crippen molar-refractivity contribution in [2.24, 2.45) is 0 Å². The van der Waals surface area contributed by atoms with Gasteiger partial charge in [-0.2, -0.15) is 0 Å². The minimum atomic E-state index is -0.205. The van der Waals surface area contributed by atoms with Crippen molar-refractivity contribution in [1.82, 2.24) is 0 Å². The molecule has 5 nitrogen and oxygen atoms in total. The topological polar surface area (TPSA) is 70.8 Å². The number of aromatic hydroxyl groups is 1. The van der Waals surface area contributed by atoms with Crippen LogP contribution in [0.15, 0.2) is 76.1 Å². The van der Waals surface area contributed by atoms with E-state index in [2.05, 4.69) is 0 Å². The fourth-order valence-electron chi connectivity index (χ4n) is 2.61. The van der Waals surface area contributed by atoms with E-state index in [1.54, 1.807) is 18.2 Å². The molecule has 2 aromatic carbocycles. The van der Waals surface area contributed by atoms with Gasteiger partial charge in [-0.25, -0.2) is 0 Å². The highest BCUT2D eigenvalue weighted by Gasteiger charge is 2.33. The zero-order chi connectivity index (χ0) is 22.1. The first-order chi connectivity index (χ1) is 14.6. The first kappa shape index (κ1) is 23.1. The molecule has 0 spiro atoms. The lowest BCUT2D eigenvalue weighted by Gasteiger charge is -2.14. The first-order valence-electron chi connectivity index (χ1n) is 9.13. The number of thiocarbonyl (C=S) groups is 1. The van der Waals surface area contributed by atoms with E-state index in [9.17, 15) is 9.90 Å². The predicted molar refractivity (Wildman–Crippen MR) is 126 cm³/mol. The molecule has 1 N–H and O–H groups in total. The number of carbonyl (C=O) groups is 2. The van der Waals surface area contributed by atoms with Crippen molar-refractivity contribution in [3.63, 3.8) is 0 Å². The minimum absolute atomic E-state index is 0.138. The van der Waals surface area contributed by atoms with Crippen LogP contribution in [0.3, 0.4) is 0 Å². The molecule has 0 unspecified atom stereocenters. The number of thioether (sulfide) groups is 1. The van der Waals surface area contributed by atoms with Gasteiger partial charge in [0.1, 0.15) is 24.1 Å². The van der Waals surface area contributed by atoms with Gasteiger partial charge in [-0.3, -0.25) is 9.69 Å². The molecule has 2 heterocycles. The number of phenolic OH excluding ortho intramolecular Hbond substituents is 1. The SMILES string of the molecule is C=O.CC.O=C1/C(=C/c2ccc(-c3ccccc3)o2)SC(=S)N1c1ccc(O)cc1. The van der Waals surface area contributed by atoms with Crippen LogP contribution in [-0.2, 0) is 9.59 Å². The highest BCUT2D eigenvalue weighted by atomic mass is 32.2. The summed E-state index contributed by atoms with van der Waals surface area (Å²) in [7, 11) is 0. The van der Waals surface area contributed by atoms with Gasteiger partial charge in [0.15, 0.2) is 4.32 Å². The van der Waals surface area contributed by atoms with Crippen molar-refractivity contribution < 1.29 is 19.1 Å². The number of amides is 1. The molecular weight excluding hydrogens is 418 g/mol. The van der Waals surface area contributed by atoms with Crippen molar-refractivity contribution in [2.45, 2.75) is 13.8 Å². The lowest BCUT2D eigenvalue weighted by atomic mass is 10.2. The van der Waals surface area contributed by atoms with Crippen molar-refractivity contribution >= 4 is 52.8 Å². The van der Waals surface area contributed by atoms with Crippen LogP contribution in [0.2, 0.25) is 0 Å². The van der Waals surface area contributed by atoms with Gasteiger partial charge in [0.25, 0.3) is 5.91 Å². The molecule has 4 rings (SSSR count).